The maximum Gasteiger partial charge on any atom is 0.373 e. The number of amides is 4. The number of esters is 1. The van der Waals surface area contributed by atoms with Crippen LogP contribution in [0.2, 0.25) is 0 Å². The van der Waals surface area contributed by atoms with Crippen LogP contribution in [0.4, 0.5) is 4.79 Å². The Hall–Kier alpha value is -4.60. The first-order valence-electron chi connectivity index (χ1n) is 9.82. The lowest BCUT2D eigenvalue weighted by atomic mass is 10.0. The van der Waals surface area contributed by atoms with Crippen LogP contribution in [0.3, 0.4) is 0 Å². The molecule has 0 radical (unpaired) electrons. The molecule has 1 aromatic heterocycles. The molecule has 168 valence electrons. The van der Waals surface area contributed by atoms with E-state index in [2.05, 4.69) is 10.1 Å². The van der Waals surface area contributed by atoms with Gasteiger partial charge in [0.1, 0.15) is 17.2 Å². The minimum absolute atomic E-state index is 0.0139. The average Bonchev–Trinajstić information content (AvgIpc) is 3.38. The third-order valence-corrected chi connectivity index (χ3v) is 4.91. The van der Waals surface area contributed by atoms with E-state index >= 15 is 0 Å². The van der Waals surface area contributed by atoms with E-state index in [-0.39, 0.29) is 30.4 Å². The summed E-state index contributed by atoms with van der Waals surface area (Å²) in [5.41, 5.74) is 5.71. The molecule has 1 aliphatic heterocycles. The molecular weight excluding hydrogens is 430 g/mol. The van der Waals surface area contributed by atoms with E-state index < -0.39 is 23.8 Å². The number of carbonyl (C=O) groups is 4. The topological polar surface area (TPSA) is 141 Å². The number of ether oxygens (including phenoxy) is 2. The number of benzene rings is 2. The van der Waals surface area contributed by atoms with E-state index in [4.69, 9.17) is 14.9 Å². The van der Waals surface area contributed by atoms with Crippen LogP contribution in [0, 0.1) is 0 Å². The van der Waals surface area contributed by atoms with Crippen molar-refractivity contribution >= 4 is 40.7 Å². The zero-order valence-electron chi connectivity index (χ0n) is 17.5. The Kier molecular flexibility index (Phi) is 5.81. The molecule has 10 heteroatoms. The van der Waals surface area contributed by atoms with Gasteiger partial charge in [0.25, 0.3) is 11.8 Å². The van der Waals surface area contributed by atoms with Crippen molar-refractivity contribution < 1.29 is 33.1 Å². The predicted octanol–water partition coefficient (Wildman–Crippen LogP) is 2.18. The number of nitrogens with zero attached hydrogens (tertiary/aromatic N) is 1. The standard InChI is InChI=1S/C23H19N3O7/c1-31-22(29)19-9-7-14(33-19)11-26-21(28)17(25-23(26)30)10-16-15-5-3-2-4-13(15)6-8-18(16)32-12-20(24)27/h2-10H,11-12H2,1H3,(H2,24,27)(H,25,30)/b17-10-. The Morgan fingerprint density at radius 1 is 1.12 bits per heavy atom. The van der Waals surface area contributed by atoms with Crippen LogP contribution in [-0.4, -0.2) is 42.4 Å². The Labute approximate surface area is 187 Å². The molecule has 10 nitrogen and oxygen atoms in total. The van der Waals surface area contributed by atoms with Crippen LogP contribution in [0.15, 0.2) is 58.6 Å². The smallest absolute Gasteiger partial charge is 0.373 e. The van der Waals surface area contributed by atoms with Crippen LogP contribution < -0.4 is 15.8 Å². The fraction of sp³-hybridized carbons (Fsp3) is 0.130. The number of urea groups is 1. The van der Waals surface area contributed by atoms with Crippen molar-refractivity contribution in [3.05, 3.63) is 71.3 Å². The van der Waals surface area contributed by atoms with Crippen LogP contribution in [0.5, 0.6) is 5.75 Å². The first-order valence-corrected chi connectivity index (χ1v) is 9.82. The normalized spacial score (nSPS) is 14.6. The van der Waals surface area contributed by atoms with Crippen molar-refractivity contribution in [2.45, 2.75) is 6.54 Å². The zero-order chi connectivity index (χ0) is 23.5. The number of methoxy groups -OCH3 is 1. The first-order chi connectivity index (χ1) is 15.9. The van der Waals surface area contributed by atoms with Crippen molar-refractivity contribution in [2.75, 3.05) is 13.7 Å². The molecule has 3 aromatic rings. The van der Waals surface area contributed by atoms with Gasteiger partial charge in [-0.2, -0.15) is 0 Å². The van der Waals surface area contributed by atoms with Gasteiger partial charge in [0.2, 0.25) is 5.76 Å². The molecule has 0 spiro atoms. The van der Waals surface area contributed by atoms with Crippen LogP contribution in [-0.2, 0) is 20.9 Å². The zero-order valence-corrected chi connectivity index (χ0v) is 17.5. The number of hydrogen-bond donors (Lipinski definition) is 2. The van der Waals surface area contributed by atoms with Gasteiger partial charge in [-0.1, -0.05) is 30.3 Å². The predicted molar refractivity (Wildman–Crippen MR) is 116 cm³/mol. The summed E-state index contributed by atoms with van der Waals surface area (Å²) in [4.78, 5) is 49.1. The Morgan fingerprint density at radius 2 is 1.91 bits per heavy atom. The Morgan fingerprint density at radius 3 is 2.67 bits per heavy atom. The molecule has 4 rings (SSSR count). The number of rotatable bonds is 7. The fourth-order valence-corrected chi connectivity index (χ4v) is 3.39. The van der Waals surface area contributed by atoms with Gasteiger partial charge in [-0.3, -0.25) is 14.5 Å². The molecule has 1 saturated heterocycles. The molecule has 1 aliphatic rings. The minimum atomic E-state index is -0.668. The number of imide groups is 1. The lowest BCUT2D eigenvalue weighted by Crippen LogP contribution is -2.30. The SMILES string of the molecule is COC(=O)c1ccc(CN2C(=O)N/C(=C\c3c(OCC(N)=O)ccc4ccccc34)C2=O)o1. The molecule has 0 aliphatic carbocycles. The highest BCUT2D eigenvalue weighted by molar-refractivity contribution is 6.14. The molecule has 1 fully saturated rings. The summed E-state index contributed by atoms with van der Waals surface area (Å²) in [6, 6.07) is 13.1. The molecule has 4 amide bonds. The summed E-state index contributed by atoms with van der Waals surface area (Å²) < 4.78 is 15.5. The second kappa shape index (κ2) is 8.87. The number of hydrogen-bond acceptors (Lipinski definition) is 7. The second-order valence-corrected chi connectivity index (χ2v) is 7.09. The average molecular weight is 449 g/mol. The summed E-state index contributed by atoms with van der Waals surface area (Å²) in [6.45, 7) is -0.526. The van der Waals surface area contributed by atoms with Gasteiger partial charge in [0.15, 0.2) is 6.61 Å². The van der Waals surface area contributed by atoms with Crippen molar-refractivity contribution in [2.24, 2.45) is 5.73 Å². The van der Waals surface area contributed by atoms with Crippen LogP contribution >= 0.6 is 0 Å². The fourth-order valence-electron chi connectivity index (χ4n) is 3.39. The quantitative estimate of drug-likeness (QED) is 0.320. The van der Waals surface area contributed by atoms with Crippen molar-refractivity contribution in [1.82, 2.24) is 10.2 Å². The summed E-state index contributed by atoms with van der Waals surface area (Å²) >= 11 is 0. The van der Waals surface area contributed by atoms with Gasteiger partial charge < -0.3 is 24.9 Å². The molecular formula is C23H19N3O7. The lowest BCUT2D eigenvalue weighted by molar-refractivity contribution is -0.123. The van der Waals surface area contributed by atoms with Crippen molar-refractivity contribution in [3.63, 3.8) is 0 Å². The summed E-state index contributed by atoms with van der Waals surface area (Å²) in [7, 11) is 1.22. The summed E-state index contributed by atoms with van der Waals surface area (Å²) in [6.07, 6.45) is 1.49. The van der Waals surface area contributed by atoms with Gasteiger partial charge in [-0.15, -0.1) is 0 Å². The maximum absolute atomic E-state index is 13.0. The minimum Gasteiger partial charge on any atom is -0.483 e. The number of carbonyl (C=O) groups excluding carboxylic acids is 4. The maximum atomic E-state index is 13.0. The third-order valence-electron chi connectivity index (χ3n) is 4.91. The van der Waals surface area contributed by atoms with Crippen molar-refractivity contribution in [1.29, 1.82) is 0 Å². The monoisotopic (exact) mass is 449 g/mol. The second-order valence-electron chi connectivity index (χ2n) is 7.09. The summed E-state index contributed by atoms with van der Waals surface area (Å²) in [5, 5.41) is 4.16. The largest absolute Gasteiger partial charge is 0.483 e. The number of nitrogens with one attached hydrogen (secondary N) is 1. The van der Waals surface area contributed by atoms with Gasteiger partial charge in [-0.05, 0) is 35.0 Å². The molecule has 2 heterocycles. The number of fused-ring (bicyclic) bond motifs is 1. The Bertz CT molecular complexity index is 1310. The highest BCUT2D eigenvalue weighted by Crippen LogP contribution is 2.31. The van der Waals surface area contributed by atoms with E-state index in [1.165, 1.54) is 25.3 Å². The van der Waals surface area contributed by atoms with E-state index in [9.17, 15) is 19.2 Å². The molecule has 0 atom stereocenters. The van der Waals surface area contributed by atoms with E-state index in [0.717, 1.165) is 15.7 Å². The Balaban J connectivity index is 1.65. The highest BCUT2D eigenvalue weighted by atomic mass is 16.5. The van der Waals surface area contributed by atoms with Gasteiger partial charge >= 0.3 is 12.0 Å². The number of primary amides is 1. The number of nitrogens with two attached hydrogens (primary N) is 1. The molecule has 0 unspecified atom stereocenters. The van der Waals surface area contributed by atoms with E-state index in [0.29, 0.717) is 11.3 Å². The third kappa shape index (κ3) is 4.40. The molecule has 3 N–H and O–H groups in total. The molecule has 33 heavy (non-hydrogen) atoms. The molecule has 0 bridgehead atoms. The van der Waals surface area contributed by atoms with E-state index in [1.807, 2.05) is 30.3 Å². The lowest BCUT2D eigenvalue weighted by Gasteiger charge is -2.12. The van der Waals surface area contributed by atoms with Gasteiger partial charge in [0, 0.05) is 5.56 Å². The number of furan rings is 1. The van der Waals surface area contributed by atoms with Crippen molar-refractivity contribution in [3.8, 4) is 5.75 Å². The van der Waals surface area contributed by atoms with Gasteiger partial charge in [0.05, 0.1) is 13.7 Å². The summed E-state index contributed by atoms with van der Waals surface area (Å²) in [5.74, 6) is -1.39. The first kappa shape index (κ1) is 21.6. The molecule has 0 saturated carbocycles. The van der Waals surface area contributed by atoms with E-state index in [1.54, 1.807) is 6.07 Å². The molecule has 2 aromatic carbocycles. The van der Waals surface area contributed by atoms with Crippen LogP contribution in [0.1, 0.15) is 21.9 Å². The highest BCUT2D eigenvalue weighted by Gasteiger charge is 2.34. The van der Waals surface area contributed by atoms with Crippen LogP contribution in [0.25, 0.3) is 16.8 Å². The van der Waals surface area contributed by atoms with Gasteiger partial charge in [-0.25, -0.2) is 9.59 Å².